The van der Waals surface area contributed by atoms with Crippen molar-refractivity contribution < 1.29 is 9.31 Å². The van der Waals surface area contributed by atoms with Gasteiger partial charge in [-0.15, -0.1) is 22.7 Å². The van der Waals surface area contributed by atoms with Gasteiger partial charge in [0.05, 0.1) is 0 Å². The molecule has 5 heteroatoms. The largest absolute Gasteiger partial charge is 0.658 e. The molecule has 25 heavy (non-hydrogen) atoms. The van der Waals surface area contributed by atoms with Gasteiger partial charge in [0.25, 0.3) is 0 Å². The highest BCUT2D eigenvalue weighted by atomic mass is 32.1. The number of rotatable bonds is 6. The van der Waals surface area contributed by atoms with Crippen LogP contribution in [0.25, 0.3) is 20.9 Å². The molecule has 0 amide bonds. The summed E-state index contributed by atoms with van der Waals surface area (Å²) in [4.78, 5) is 2.44. The van der Waals surface area contributed by atoms with Crippen molar-refractivity contribution >= 4 is 30.4 Å². The lowest BCUT2D eigenvalue weighted by Gasteiger charge is -2.08. The van der Waals surface area contributed by atoms with E-state index in [1.807, 2.05) is 48.5 Å². The molecule has 0 aliphatic rings. The zero-order valence-electron chi connectivity index (χ0n) is 13.3. The van der Waals surface area contributed by atoms with Crippen molar-refractivity contribution in [2.24, 2.45) is 0 Å². The van der Waals surface area contributed by atoms with E-state index in [1.165, 1.54) is 17.4 Å². The highest BCUT2D eigenvalue weighted by Gasteiger charge is 2.06. The van der Waals surface area contributed by atoms with Crippen molar-refractivity contribution in [1.29, 1.82) is 0 Å². The highest BCUT2D eigenvalue weighted by Crippen LogP contribution is 2.29. The summed E-state index contributed by atoms with van der Waals surface area (Å²) in [7, 11) is 1.38. The average molecular weight is 361 g/mol. The van der Waals surface area contributed by atoms with Gasteiger partial charge in [-0.05, 0) is 58.3 Å². The number of hydrogen-bond donors (Lipinski definition) is 0. The van der Waals surface area contributed by atoms with E-state index in [0.717, 1.165) is 22.6 Å². The van der Waals surface area contributed by atoms with Crippen molar-refractivity contribution in [2.75, 3.05) is 0 Å². The van der Waals surface area contributed by atoms with Gasteiger partial charge < -0.3 is 9.31 Å². The second-order valence-corrected chi connectivity index (χ2v) is 7.24. The SMILES string of the molecule is [B](Oc1cccc(-c2cccs2)c1)Oc1cccc(-c2cccs2)c1. The van der Waals surface area contributed by atoms with Crippen LogP contribution in [0, 0.1) is 0 Å². The third kappa shape index (κ3) is 3.95. The predicted molar refractivity (Wildman–Crippen MR) is 107 cm³/mol. The summed E-state index contributed by atoms with van der Waals surface area (Å²) in [6.45, 7) is 0. The van der Waals surface area contributed by atoms with Crippen LogP contribution in [0.2, 0.25) is 0 Å². The molecule has 2 nitrogen and oxygen atoms in total. The smallest absolute Gasteiger partial charge is 0.526 e. The molecular weight excluding hydrogens is 347 g/mol. The average Bonchev–Trinajstić information content (AvgIpc) is 3.36. The first kappa shape index (κ1) is 16.0. The Kier molecular flexibility index (Phi) is 4.86. The Bertz CT molecular complexity index is 856. The third-order valence-electron chi connectivity index (χ3n) is 3.65. The van der Waals surface area contributed by atoms with Crippen LogP contribution in [-0.2, 0) is 0 Å². The van der Waals surface area contributed by atoms with Gasteiger partial charge >= 0.3 is 7.69 Å². The molecular formula is C20H14BO2S2. The lowest BCUT2D eigenvalue weighted by atomic mass is 10.1. The molecule has 2 aromatic carbocycles. The van der Waals surface area contributed by atoms with Gasteiger partial charge in [-0.1, -0.05) is 36.4 Å². The normalized spacial score (nSPS) is 10.4. The van der Waals surface area contributed by atoms with Crippen molar-refractivity contribution in [2.45, 2.75) is 0 Å². The van der Waals surface area contributed by atoms with Crippen molar-refractivity contribution in [3.8, 4) is 32.4 Å². The second-order valence-electron chi connectivity index (χ2n) is 5.34. The van der Waals surface area contributed by atoms with Crippen LogP contribution >= 0.6 is 22.7 Å². The Morgan fingerprint density at radius 3 is 1.56 bits per heavy atom. The Labute approximate surface area is 155 Å². The van der Waals surface area contributed by atoms with Gasteiger partial charge in [0.2, 0.25) is 0 Å². The summed E-state index contributed by atoms with van der Waals surface area (Å²) in [5.41, 5.74) is 2.28. The molecule has 2 aromatic heterocycles. The number of thiophene rings is 2. The Morgan fingerprint density at radius 1 is 0.600 bits per heavy atom. The molecule has 4 rings (SSSR count). The van der Waals surface area contributed by atoms with Crippen molar-refractivity contribution in [3.05, 3.63) is 83.6 Å². The van der Waals surface area contributed by atoms with Gasteiger partial charge in [0, 0.05) is 9.75 Å². The maximum Gasteiger partial charge on any atom is 0.658 e. The standard InChI is InChI=1S/C20H14BO2S2/c1-5-15(19-9-3-11-24-19)13-17(7-1)22-21-23-18-8-2-6-16(14-18)20-10-4-12-25-20/h1-14H. The van der Waals surface area contributed by atoms with E-state index in [1.54, 1.807) is 22.7 Å². The van der Waals surface area contributed by atoms with Gasteiger partial charge in [-0.25, -0.2) is 0 Å². The molecule has 0 aliphatic heterocycles. The molecule has 4 aromatic rings. The molecule has 0 spiro atoms. The van der Waals surface area contributed by atoms with E-state index in [9.17, 15) is 0 Å². The lowest BCUT2D eigenvalue weighted by molar-refractivity contribution is 0.459. The Hall–Kier alpha value is -2.50. The van der Waals surface area contributed by atoms with E-state index in [2.05, 4.69) is 35.0 Å². The van der Waals surface area contributed by atoms with Crippen LogP contribution in [0.5, 0.6) is 11.5 Å². The van der Waals surface area contributed by atoms with E-state index >= 15 is 0 Å². The zero-order chi connectivity index (χ0) is 16.9. The van der Waals surface area contributed by atoms with Crippen LogP contribution in [0.3, 0.4) is 0 Å². The summed E-state index contributed by atoms with van der Waals surface area (Å²) in [5.74, 6) is 1.50. The number of hydrogen-bond acceptors (Lipinski definition) is 4. The fourth-order valence-corrected chi connectivity index (χ4v) is 3.91. The van der Waals surface area contributed by atoms with Gasteiger partial charge in [-0.3, -0.25) is 0 Å². The van der Waals surface area contributed by atoms with Crippen LogP contribution in [0.1, 0.15) is 0 Å². The van der Waals surface area contributed by atoms with Gasteiger partial charge in [-0.2, -0.15) is 0 Å². The maximum atomic E-state index is 5.64. The number of benzene rings is 2. The summed E-state index contributed by atoms with van der Waals surface area (Å²) >= 11 is 3.42. The minimum Gasteiger partial charge on any atom is -0.526 e. The first-order chi connectivity index (χ1) is 12.4. The summed E-state index contributed by atoms with van der Waals surface area (Å²) in [5, 5.41) is 4.14. The minimum absolute atomic E-state index is 0.750. The molecule has 0 N–H and O–H groups in total. The van der Waals surface area contributed by atoms with E-state index in [4.69, 9.17) is 9.31 Å². The summed E-state index contributed by atoms with van der Waals surface area (Å²) < 4.78 is 11.3. The molecule has 0 unspecified atom stereocenters. The van der Waals surface area contributed by atoms with Crippen LogP contribution in [0.4, 0.5) is 0 Å². The molecule has 0 bridgehead atoms. The van der Waals surface area contributed by atoms with Gasteiger partial charge in [0.15, 0.2) is 0 Å². The first-order valence-electron chi connectivity index (χ1n) is 7.81. The Balaban J connectivity index is 1.40. The highest BCUT2D eigenvalue weighted by molar-refractivity contribution is 7.13. The van der Waals surface area contributed by atoms with Crippen molar-refractivity contribution in [3.63, 3.8) is 0 Å². The molecule has 1 radical (unpaired) electrons. The van der Waals surface area contributed by atoms with Crippen LogP contribution in [-0.4, -0.2) is 7.69 Å². The summed E-state index contributed by atoms with van der Waals surface area (Å²) in [6, 6.07) is 24.2. The molecule has 0 fully saturated rings. The molecule has 0 saturated heterocycles. The third-order valence-corrected chi connectivity index (χ3v) is 5.49. The minimum atomic E-state index is 0.750. The van der Waals surface area contributed by atoms with E-state index < -0.39 is 0 Å². The molecule has 0 saturated carbocycles. The first-order valence-corrected chi connectivity index (χ1v) is 9.57. The fraction of sp³-hybridized carbons (Fsp3) is 0. The maximum absolute atomic E-state index is 5.64. The van der Waals surface area contributed by atoms with Gasteiger partial charge in [0.1, 0.15) is 11.5 Å². The molecule has 0 atom stereocenters. The van der Waals surface area contributed by atoms with E-state index in [0.29, 0.717) is 0 Å². The Morgan fingerprint density at radius 2 is 1.12 bits per heavy atom. The monoisotopic (exact) mass is 361 g/mol. The second kappa shape index (κ2) is 7.59. The topological polar surface area (TPSA) is 18.5 Å². The van der Waals surface area contributed by atoms with Crippen LogP contribution < -0.4 is 9.31 Å². The van der Waals surface area contributed by atoms with Crippen LogP contribution in [0.15, 0.2) is 83.6 Å². The zero-order valence-corrected chi connectivity index (χ0v) is 14.9. The summed E-state index contributed by atoms with van der Waals surface area (Å²) in [6.07, 6.45) is 0. The molecule has 0 aliphatic carbocycles. The molecule has 2 heterocycles. The predicted octanol–water partition coefficient (Wildman–Crippen LogP) is 6.14. The quantitative estimate of drug-likeness (QED) is 0.384. The van der Waals surface area contributed by atoms with E-state index in [-0.39, 0.29) is 0 Å². The fourth-order valence-electron chi connectivity index (χ4n) is 2.47. The lowest BCUT2D eigenvalue weighted by Crippen LogP contribution is -2.10. The molecule has 121 valence electrons. The van der Waals surface area contributed by atoms with Crippen molar-refractivity contribution in [1.82, 2.24) is 0 Å².